The van der Waals surface area contributed by atoms with E-state index >= 15 is 0 Å². The molecule has 2 heterocycles. The third-order valence-corrected chi connectivity index (χ3v) is 4.82. The summed E-state index contributed by atoms with van der Waals surface area (Å²) in [4.78, 5) is 17.3. The summed E-state index contributed by atoms with van der Waals surface area (Å²) in [6.45, 7) is 6.48. The summed E-state index contributed by atoms with van der Waals surface area (Å²) in [6, 6.07) is 2.12. The van der Waals surface area contributed by atoms with E-state index in [9.17, 15) is 4.79 Å². The van der Waals surface area contributed by atoms with E-state index in [1.807, 2.05) is 17.7 Å². The third-order valence-electron chi connectivity index (χ3n) is 4.82. The average Bonchev–Trinajstić information content (AvgIpc) is 3.13. The minimum absolute atomic E-state index is 0.0819. The van der Waals surface area contributed by atoms with Gasteiger partial charge in [-0.15, -0.1) is 0 Å². The van der Waals surface area contributed by atoms with Crippen molar-refractivity contribution in [1.82, 2.24) is 20.1 Å². The van der Waals surface area contributed by atoms with Crippen molar-refractivity contribution >= 4 is 16.9 Å². The molecule has 3 N–H and O–H groups in total. The zero-order valence-electron chi connectivity index (χ0n) is 14.1. The molecule has 0 bridgehead atoms. The fourth-order valence-electron chi connectivity index (χ4n) is 3.41. The van der Waals surface area contributed by atoms with E-state index in [-0.39, 0.29) is 17.5 Å². The number of carbonyl (C=O) groups is 1. The molecule has 2 aromatic heterocycles. The topological polar surface area (TPSA) is 85.8 Å². The van der Waals surface area contributed by atoms with Crippen molar-refractivity contribution in [3.8, 4) is 0 Å². The molecule has 124 valence electrons. The molecule has 0 unspecified atom stereocenters. The van der Waals surface area contributed by atoms with Crippen LogP contribution in [-0.4, -0.2) is 32.8 Å². The Kier molecular flexibility index (Phi) is 4.10. The van der Waals surface area contributed by atoms with Crippen molar-refractivity contribution in [3.63, 3.8) is 0 Å². The Hall–Kier alpha value is -1.95. The Labute approximate surface area is 136 Å². The molecule has 0 aliphatic heterocycles. The Morgan fingerprint density at radius 1 is 1.43 bits per heavy atom. The number of aromatic nitrogens is 3. The predicted molar refractivity (Wildman–Crippen MR) is 90.4 cm³/mol. The van der Waals surface area contributed by atoms with E-state index in [0.717, 1.165) is 42.4 Å². The zero-order valence-corrected chi connectivity index (χ0v) is 14.1. The molecule has 3 rings (SSSR count). The van der Waals surface area contributed by atoms with Gasteiger partial charge in [0.25, 0.3) is 5.91 Å². The minimum atomic E-state index is -0.249. The normalized spacial score (nSPS) is 17.1. The van der Waals surface area contributed by atoms with Gasteiger partial charge >= 0.3 is 0 Å². The first-order valence-corrected chi connectivity index (χ1v) is 8.33. The number of nitrogens with zero attached hydrogens (tertiary/aromatic N) is 3. The maximum Gasteiger partial charge on any atom is 0.253 e. The highest BCUT2D eigenvalue weighted by molar-refractivity contribution is 5.98. The Morgan fingerprint density at radius 2 is 2.13 bits per heavy atom. The van der Waals surface area contributed by atoms with Gasteiger partial charge in [0.15, 0.2) is 5.65 Å². The Balaban J connectivity index is 1.93. The summed E-state index contributed by atoms with van der Waals surface area (Å²) < 4.78 is 1.88. The van der Waals surface area contributed by atoms with Gasteiger partial charge in [-0.2, -0.15) is 5.10 Å². The molecular weight excluding hydrogens is 290 g/mol. The standard InChI is InChI=1S/C17H25N5O/c1-11(2)22-15-13(9-19-22)8-14(12(3)20-15)16(23)21-17(10-18)6-4-5-7-17/h8-9,11H,4-7,10,18H2,1-3H3,(H,21,23). The van der Waals surface area contributed by atoms with E-state index in [1.165, 1.54) is 0 Å². The van der Waals surface area contributed by atoms with Crippen molar-refractivity contribution in [2.45, 2.75) is 58.0 Å². The van der Waals surface area contributed by atoms with Crippen LogP contribution in [0, 0.1) is 6.92 Å². The van der Waals surface area contributed by atoms with Crippen LogP contribution >= 0.6 is 0 Å². The number of hydrogen-bond acceptors (Lipinski definition) is 4. The minimum Gasteiger partial charge on any atom is -0.345 e. The SMILES string of the molecule is Cc1nc2c(cnn2C(C)C)cc1C(=O)NC1(CN)CCCC1. The molecule has 1 saturated carbocycles. The summed E-state index contributed by atoms with van der Waals surface area (Å²) in [7, 11) is 0. The fourth-order valence-corrected chi connectivity index (χ4v) is 3.41. The van der Waals surface area contributed by atoms with Crippen LogP contribution in [0.4, 0.5) is 0 Å². The number of pyridine rings is 1. The highest BCUT2D eigenvalue weighted by atomic mass is 16.1. The third kappa shape index (κ3) is 2.83. The molecule has 6 heteroatoms. The number of nitrogens with two attached hydrogens (primary N) is 1. The first-order chi connectivity index (χ1) is 11.0. The van der Waals surface area contributed by atoms with Gasteiger partial charge in [-0.05, 0) is 39.7 Å². The number of carbonyl (C=O) groups excluding carboxylic acids is 1. The van der Waals surface area contributed by atoms with Gasteiger partial charge in [-0.25, -0.2) is 9.67 Å². The molecule has 0 aromatic carbocycles. The van der Waals surface area contributed by atoms with Crippen LogP contribution in [-0.2, 0) is 0 Å². The van der Waals surface area contributed by atoms with Gasteiger partial charge in [-0.1, -0.05) is 12.8 Å². The van der Waals surface area contributed by atoms with Gasteiger partial charge in [-0.3, -0.25) is 4.79 Å². The van der Waals surface area contributed by atoms with Gasteiger partial charge in [0, 0.05) is 18.0 Å². The molecule has 1 fully saturated rings. The predicted octanol–water partition coefficient (Wildman–Crippen LogP) is 2.32. The number of rotatable bonds is 4. The van der Waals surface area contributed by atoms with Crippen LogP contribution in [0.2, 0.25) is 0 Å². The molecule has 23 heavy (non-hydrogen) atoms. The maximum atomic E-state index is 12.7. The lowest BCUT2D eigenvalue weighted by Crippen LogP contribution is -2.51. The van der Waals surface area contributed by atoms with Crippen molar-refractivity contribution in [2.24, 2.45) is 5.73 Å². The average molecular weight is 315 g/mol. The van der Waals surface area contributed by atoms with Gasteiger partial charge in [0.2, 0.25) is 0 Å². The van der Waals surface area contributed by atoms with Crippen LogP contribution in [0.5, 0.6) is 0 Å². The summed E-state index contributed by atoms with van der Waals surface area (Å²) in [5.74, 6) is -0.0819. The largest absolute Gasteiger partial charge is 0.345 e. The second-order valence-corrected chi connectivity index (χ2v) is 6.86. The van der Waals surface area contributed by atoms with Crippen LogP contribution in [0.1, 0.15) is 61.6 Å². The highest BCUT2D eigenvalue weighted by Crippen LogP contribution is 2.29. The molecule has 6 nitrogen and oxygen atoms in total. The van der Waals surface area contributed by atoms with Gasteiger partial charge in [0.1, 0.15) is 0 Å². The van der Waals surface area contributed by atoms with Crippen molar-refractivity contribution < 1.29 is 4.79 Å². The number of nitrogens with one attached hydrogen (secondary N) is 1. The summed E-state index contributed by atoms with van der Waals surface area (Å²) in [5, 5.41) is 8.43. The zero-order chi connectivity index (χ0) is 16.6. The second kappa shape index (κ2) is 5.92. The summed E-state index contributed by atoms with van der Waals surface area (Å²) in [5.41, 5.74) is 7.83. The summed E-state index contributed by atoms with van der Waals surface area (Å²) >= 11 is 0. The molecule has 0 atom stereocenters. The number of fused-ring (bicyclic) bond motifs is 1. The van der Waals surface area contributed by atoms with Gasteiger partial charge < -0.3 is 11.1 Å². The van der Waals surface area contributed by atoms with Crippen LogP contribution < -0.4 is 11.1 Å². The van der Waals surface area contributed by atoms with Gasteiger partial charge in [0.05, 0.1) is 23.0 Å². The first-order valence-electron chi connectivity index (χ1n) is 8.33. The Morgan fingerprint density at radius 3 is 2.74 bits per heavy atom. The lowest BCUT2D eigenvalue weighted by Gasteiger charge is -2.29. The van der Waals surface area contributed by atoms with Crippen LogP contribution in [0.3, 0.4) is 0 Å². The molecule has 1 aliphatic rings. The molecule has 0 spiro atoms. The first kappa shape index (κ1) is 15.9. The fraction of sp³-hybridized carbons (Fsp3) is 0.588. The van der Waals surface area contributed by atoms with E-state index in [0.29, 0.717) is 12.1 Å². The van der Waals surface area contributed by atoms with Crippen LogP contribution in [0.15, 0.2) is 12.3 Å². The highest BCUT2D eigenvalue weighted by Gasteiger charge is 2.34. The molecule has 2 aromatic rings. The van der Waals surface area contributed by atoms with E-state index in [2.05, 4.69) is 29.2 Å². The number of hydrogen-bond donors (Lipinski definition) is 2. The van der Waals surface area contributed by atoms with Crippen molar-refractivity contribution in [1.29, 1.82) is 0 Å². The molecule has 0 radical (unpaired) electrons. The van der Waals surface area contributed by atoms with E-state index in [4.69, 9.17) is 5.73 Å². The summed E-state index contributed by atoms with van der Waals surface area (Å²) in [6.07, 6.45) is 5.92. The maximum absolute atomic E-state index is 12.7. The monoisotopic (exact) mass is 315 g/mol. The van der Waals surface area contributed by atoms with E-state index < -0.39 is 0 Å². The molecule has 0 saturated heterocycles. The number of aryl methyl sites for hydroxylation is 1. The molecular formula is C17H25N5O. The quantitative estimate of drug-likeness (QED) is 0.906. The second-order valence-electron chi connectivity index (χ2n) is 6.86. The lowest BCUT2D eigenvalue weighted by atomic mass is 9.97. The smallest absolute Gasteiger partial charge is 0.253 e. The lowest BCUT2D eigenvalue weighted by molar-refractivity contribution is 0.0902. The number of amides is 1. The molecule has 1 amide bonds. The molecule has 1 aliphatic carbocycles. The van der Waals surface area contributed by atoms with Crippen molar-refractivity contribution in [3.05, 3.63) is 23.5 Å². The van der Waals surface area contributed by atoms with Crippen LogP contribution in [0.25, 0.3) is 11.0 Å². The van der Waals surface area contributed by atoms with Crippen molar-refractivity contribution in [2.75, 3.05) is 6.54 Å². The van der Waals surface area contributed by atoms with E-state index in [1.54, 1.807) is 6.20 Å². The Bertz CT molecular complexity index is 728.